The molecule has 4 nitrogen and oxygen atoms in total. The van der Waals surface area contributed by atoms with Crippen LogP contribution in [0.1, 0.15) is 17.2 Å². The number of amides is 1. The molecule has 1 amide bonds. The summed E-state index contributed by atoms with van der Waals surface area (Å²) in [6.07, 6.45) is 1.14. The van der Waals surface area contributed by atoms with Crippen LogP contribution in [0.25, 0.3) is 6.08 Å². The van der Waals surface area contributed by atoms with Gasteiger partial charge in [-0.3, -0.25) is 4.79 Å². The monoisotopic (exact) mass is 333 g/mol. The van der Waals surface area contributed by atoms with Crippen molar-refractivity contribution in [3.63, 3.8) is 0 Å². The summed E-state index contributed by atoms with van der Waals surface area (Å²) in [4.78, 5) is 11.7. The van der Waals surface area contributed by atoms with Crippen LogP contribution in [0.5, 0.6) is 5.75 Å². The molecular formula is C18H17F2NO3. The highest BCUT2D eigenvalue weighted by atomic mass is 19.1. The first-order valence-corrected chi connectivity index (χ1v) is 7.23. The van der Waals surface area contributed by atoms with Crippen molar-refractivity contribution in [2.45, 2.75) is 6.10 Å². The molecule has 0 saturated heterocycles. The zero-order chi connectivity index (χ0) is 17.5. The summed E-state index contributed by atoms with van der Waals surface area (Å²) >= 11 is 0. The Labute approximate surface area is 138 Å². The number of aliphatic hydroxyl groups is 1. The number of halogens is 2. The number of hydrogen-bond donors (Lipinski definition) is 2. The van der Waals surface area contributed by atoms with Gasteiger partial charge in [0, 0.05) is 18.2 Å². The fourth-order valence-electron chi connectivity index (χ4n) is 2.05. The van der Waals surface area contributed by atoms with E-state index in [1.165, 1.54) is 13.2 Å². The van der Waals surface area contributed by atoms with E-state index in [2.05, 4.69) is 5.32 Å². The summed E-state index contributed by atoms with van der Waals surface area (Å²) in [7, 11) is 1.51. The van der Waals surface area contributed by atoms with E-state index in [9.17, 15) is 18.7 Å². The summed E-state index contributed by atoms with van der Waals surface area (Å²) in [6.45, 7) is -0.0455. The second-order valence-corrected chi connectivity index (χ2v) is 5.01. The summed E-state index contributed by atoms with van der Waals surface area (Å²) in [6, 6.07) is 10.3. The maximum absolute atomic E-state index is 13.4. The molecule has 0 bridgehead atoms. The Kier molecular flexibility index (Phi) is 6.03. The molecule has 0 aliphatic heterocycles. The van der Waals surface area contributed by atoms with Crippen molar-refractivity contribution in [3.8, 4) is 5.75 Å². The van der Waals surface area contributed by atoms with E-state index in [1.807, 2.05) is 0 Å². The van der Waals surface area contributed by atoms with Gasteiger partial charge in [0.2, 0.25) is 5.91 Å². The zero-order valence-corrected chi connectivity index (χ0v) is 13.0. The van der Waals surface area contributed by atoms with Crippen molar-refractivity contribution in [1.82, 2.24) is 5.32 Å². The van der Waals surface area contributed by atoms with Gasteiger partial charge in [0.15, 0.2) is 0 Å². The number of rotatable bonds is 6. The van der Waals surface area contributed by atoms with Crippen LogP contribution in [0, 0.1) is 11.6 Å². The number of nitrogens with one attached hydrogen (secondary N) is 1. The molecule has 2 rings (SSSR count). The first-order valence-electron chi connectivity index (χ1n) is 7.23. The summed E-state index contributed by atoms with van der Waals surface area (Å²) in [5.74, 6) is -1.49. The van der Waals surface area contributed by atoms with Gasteiger partial charge in [0.1, 0.15) is 17.4 Å². The Morgan fingerprint density at radius 3 is 2.58 bits per heavy atom. The molecule has 126 valence electrons. The second-order valence-electron chi connectivity index (χ2n) is 5.01. The van der Waals surface area contributed by atoms with Crippen LogP contribution in [0.15, 0.2) is 48.5 Å². The number of ether oxygens (including phenoxy) is 1. The van der Waals surface area contributed by atoms with Crippen LogP contribution >= 0.6 is 0 Å². The fraction of sp³-hybridized carbons (Fsp3) is 0.167. The van der Waals surface area contributed by atoms with Gasteiger partial charge in [-0.25, -0.2) is 8.78 Å². The number of benzene rings is 2. The van der Waals surface area contributed by atoms with Crippen molar-refractivity contribution in [1.29, 1.82) is 0 Å². The predicted molar refractivity (Wildman–Crippen MR) is 86.4 cm³/mol. The fourth-order valence-corrected chi connectivity index (χ4v) is 2.05. The Hall–Kier alpha value is -2.73. The molecule has 1 unspecified atom stereocenters. The molecule has 0 aliphatic carbocycles. The lowest BCUT2D eigenvalue weighted by Gasteiger charge is -2.12. The van der Waals surface area contributed by atoms with Gasteiger partial charge in [-0.1, -0.05) is 18.2 Å². The minimum absolute atomic E-state index is 0.0455. The van der Waals surface area contributed by atoms with E-state index in [4.69, 9.17) is 4.74 Å². The second kappa shape index (κ2) is 8.21. The van der Waals surface area contributed by atoms with Gasteiger partial charge in [-0.05, 0) is 35.9 Å². The summed E-state index contributed by atoms with van der Waals surface area (Å²) < 4.78 is 31.9. The van der Waals surface area contributed by atoms with E-state index in [0.717, 1.165) is 24.3 Å². The van der Waals surface area contributed by atoms with Crippen molar-refractivity contribution in [2.75, 3.05) is 13.7 Å². The topological polar surface area (TPSA) is 58.6 Å². The molecule has 2 aromatic rings. The third-order valence-corrected chi connectivity index (χ3v) is 3.35. The molecule has 0 heterocycles. The number of carbonyl (C=O) groups excluding carboxylic acids is 1. The van der Waals surface area contributed by atoms with Gasteiger partial charge in [0.05, 0.1) is 13.2 Å². The Bertz CT molecular complexity index is 727. The van der Waals surface area contributed by atoms with Crippen LogP contribution in [0.3, 0.4) is 0 Å². The number of aliphatic hydroxyl groups excluding tert-OH is 1. The number of hydrogen-bond acceptors (Lipinski definition) is 3. The largest absolute Gasteiger partial charge is 0.497 e. The molecule has 6 heteroatoms. The highest BCUT2D eigenvalue weighted by Crippen LogP contribution is 2.18. The maximum Gasteiger partial charge on any atom is 0.244 e. The zero-order valence-electron chi connectivity index (χ0n) is 13.0. The molecular weight excluding hydrogens is 316 g/mol. The Morgan fingerprint density at radius 1 is 1.25 bits per heavy atom. The van der Waals surface area contributed by atoms with Crippen LogP contribution in [-0.2, 0) is 4.79 Å². The van der Waals surface area contributed by atoms with E-state index >= 15 is 0 Å². The molecule has 1 atom stereocenters. The highest BCUT2D eigenvalue weighted by Gasteiger charge is 2.10. The van der Waals surface area contributed by atoms with Crippen LogP contribution in [0.2, 0.25) is 0 Å². The van der Waals surface area contributed by atoms with Crippen LogP contribution in [0.4, 0.5) is 8.78 Å². The average Bonchev–Trinajstić information content (AvgIpc) is 2.59. The molecule has 0 saturated carbocycles. The lowest BCUT2D eigenvalue weighted by atomic mass is 10.1. The van der Waals surface area contributed by atoms with E-state index in [1.54, 1.807) is 24.3 Å². The van der Waals surface area contributed by atoms with Gasteiger partial charge < -0.3 is 15.2 Å². The Balaban J connectivity index is 1.94. The number of methoxy groups -OCH3 is 1. The molecule has 0 aliphatic rings. The minimum atomic E-state index is -0.928. The van der Waals surface area contributed by atoms with Gasteiger partial charge in [-0.15, -0.1) is 0 Å². The smallest absolute Gasteiger partial charge is 0.244 e. The molecule has 0 radical (unpaired) electrons. The van der Waals surface area contributed by atoms with Crippen molar-refractivity contribution in [3.05, 3.63) is 71.3 Å². The third-order valence-electron chi connectivity index (χ3n) is 3.35. The summed E-state index contributed by atoms with van der Waals surface area (Å²) in [5.41, 5.74) is 0.291. The average molecular weight is 333 g/mol. The highest BCUT2D eigenvalue weighted by molar-refractivity contribution is 5.91. The predicted octanol–water partition coefficient (Wildman–Crippen LogP) is 2.84. The first-order chi connectivity index (χ1) is 11.5. The van der Waals surface area contributed by atoms with Gasteiger partial charge >= 0.3 is 0 Å². The SMILES string of the molecule is COc1cccc(C(O)CNC(=O)/C=C/c2c(F)cccc2F)c1. The van der Waals surface area contributed by atoms with E-state index in [-0.39, 0.29) is 12.1 Å². The van der Waals surface area contributed by atoms with E-state index in [0.29, 0.717) is 11.3 Å². The maximum atomic E-state index is 13.4. The molecule has 0 fully saturated rings. The molecule has 24 heavy (non-hydrogen) atoms. The first kappa shape index (κ1) is 17.6. The van der Waals surface area contributed by atoms with Gasteiger partial charge in [0.25, 0.3) is 0 Å². The lowest BCUT2D eigenvalue weighted by molar-refractivity contribution is -0.116. The summed E-state index contributed by atoms with van der Waals surface area (Å²) in [5, 5.41) is 12.5. The van der Waals surface area contributed by atoms with Crippen LogP contribution in [-0.4, -0.2) is 24.7 Å². The minimum Gasteiger partial charge on any atom is -0.497 e. The molecule has 2 aromatic carbocycles. The molecule has 0 aromatic heterocycles. The number of carbonyl (C=O) groups is 1. The standard InChI is InChI=1S/C18H17F2NO3/c1-24-13-5-2-4-12(10-13)17(22)11-21-18(23)9-8-14-15(19)6-3-7-16(14)20/h2-10,17,22H,11H2,1H3,(H,21,23)/b9-8+. The van der Waals surface area contributed by atoms with Crippen molar-refractivity contribution < 1.29 is 23.4 Å². The van der Waals surface area contributed by atoms with Crippen molar-refractivity contribution >= 4 is 12.0 Å². The van der Waals surface area contributed by atoms with Crippen molar-refractivity contribution in [2.24, 2.45) is 0 Å². The van der Waals surface area contributed by atoms with E-state index < -0.39 is 23.6 Å². The normalized spacial score (nSPS) is 12.2. The molecule has 0 spiro atoms. The quantitative estimate of drug-likeness (QED) is 0.799. The van der Waals surface area contributed by atoms with Gasteiger partial charge in [-0.2, -0.15) is 0 Å². The Morgan fingerprint density at radius 2 is 1.92 bits per heavy atom. The lowest BCUT2D eigenvalue weighted by Crippen LogP contribution is -2.26. The molecule has 2 N–H and O–H groups in total. The van der Waals surface area contributed by atoms with Crippen LogP contribution < -0.4 is 10.1 Å². The third kappa shape index (κ3) is 4.63.